The molecule has 0 heterocycles. The summed E-state index contributed by atoms with van der Waals surface area (Å²) in [5, 5.41) is 0.801. The maximum absolute atomic E-state index is 12.6. The van der Waals surface area contributed by atoms with Gasteiger partial charge in [0.15, 0.2) is 0 Å². The van der Waals surface area contributed by atoms with Crippen molar-refractivity contribution in [2.75, 3.05) is 12.3 Å². The molecule has 0 spiro atoms. The summed E-state index contributed by atoms with van der Waals surface area (Å²) in [4.78, 5) is 12.6. The van der Waals surface area contributed by atoms with Crippen LogP contribution in [0.5, 0.6) is 0 Å². The Morgan fingerprint density at radius 1 is 1.19 bits per heavy atom. The van der Waals surface area contributed by atoms with Gasteiger partial charge in [-0.3, -0.25) is 4.79 Å². The fourth-order valence-corrected chi connectivity index (χ4v) is 8.74. The molecule has 4 aliphatic carbocycles. The first-order valence-electron chi connectivity index (χ1n) is 10.9. The molecule has 4 fully saturated rings. The van der Waals surface area contributed by atoms with Crippen LogP contribution in [0.4, 0.5) is 0 Å². The van der Waals surface area contributed by atoms with Crippen molar-refractivity contribution in [3.05, 3.63) is 12.2 Å². The first-order valence-corrected chi connectivity index (χ1v) is 12.0. The number of Topliss-reactive ketones (excluding diaryl/α,β-unsaturated/α-hetero) is 1. The van der Waals surface area contributed by atoms with Gasteiger partial charge < -0.3 is 5.73 Å². The van der Waals surface area contributed by atoms with E-state index >= 15 is 0 Å². The van der Waals surface area contributed by atoms with Gasteiger partial charge in [0.25, 0.3) is 0 Å². The number of thioether (sulfide) groups is 1. The summed E-state index contributed by atoms with van der Waals surface area (Å²) in [6.07, 6.45) is 10.8. The lowest BCUT2D eigenvalue weighted by atomic mass is 9.44. The van der Waals surface area contributed by atoms with Crippen molar-refractivity contribution in [2.24, 2.45) is 40.2 Å². The number of rotatable bonds is 4. The molecule has 0 bridgehead atoms. The molecule has 146 valence electrons. The number of hydrogen-bond acceptors (Lipinski definition) is 3. The summed E-state index contributed by atoms with van der Waals surface area (Å²) in [5.74, 6) is 4.63. The van der Waals surface area contributed by atoms with Gasteiger partial charge in [0, 0.05) is 17.1 Å². The number of carbonyl (C=O) groups excluding carboxylic acids is 1. The lowest BCUT2D eigenvalue weighted by molar-refractivity contribution is -0.135. The maximum Gasteiger partial charge on any atom is 0.139 e. The van der Waals surface area contributed by atoms with E-state index in [0.717, 1.165) is 49.3 Å². The van der Waals surface area contributed by atoms with Crippen molar-refractivity contribution in [2.45, 2.75) is 76.9 Å². The Kier molecular flexibility index (Phi) is 5.10. The van der Waals surface area contributed by atoms with Crippen LogP contribution in [0.25, 0.3) is 0 Å². The predicted molar refractivity (Wildman–Crippen MR) is 111 cm³/mol. The molecule has 4 aliphatic rings. The molecule has 4 rings (SSSR count). The standard InChI is InChI=1S/C23H37NOS/c1-15-13-17-18-5-6-21(25)23(18,3)10-8-19(17)22(2)9-7-16(14-20(15)22)26-12-4-11-24/h16-20H,1,4-14,24H2,2-3H3/t16-,17?,18?,19?,20-,22-,23+/m1/s1. The molecular weight excluding hydrogens is 338 g/mol. The molecule has 2 nitrogen and oxygen atoms in total. The van der Waals surface area contributed by atoms with Crippen LogP contribution in [0.3, 0.4) is 0 Å². The minimum absolute atomic E-state index is 0.0140. The fraction of sp³-hybridized carbons (Fsp3) is 0.870. The third-order valence-corrected chi connectivity index (χ3v) is 10.4. The third-order valence-electron chi connectivity index (χ3n) is 8.99. The molecule has 0 radical (unpaired) electrons. The third kappa shape index (κ3) is 2.83. The minimum Gasteiger partial charge on any atom is -0.330 e. The predicted octanol–water partition coefficient (Wildman–Crippen LogP) is 5.21. The van der Waals surface area contributed by atoms with Gasteiger partial charge in [-0.25, -0.2) is 0 Å². The zero-order valence-corrected chi connectivity index (χ0v) is 17.6. The molecule has 3 unspecified atom stereocenters. The van der Waals surface area contributed by atoms with Crippen LogP contribution in [0.15, 0.2) is 12.2 Å². The van der Waals surface area contributed by atoms with Gasteiger partial charge in [-0.1, -0.05) is 26.0 Å². The van der Waals surface area contributed by atoms with E-state index in [0.29, 0.717) is 23.0 Å². The molecule has 0 aromatic rings. The highest BCUT2D eigenvalue weighted by Gasteiger charge is 2.60. The highest BCUT2D eigenvalue weighted by Crippen LogP contribution is 2.66. The Hall–Kier alpha value is -0.280. The van der Waals surface area contributed by atoms with Gasteiger partial charge in [-0.05, 0) is 92.8 Å². The number of nitrogens with two attached hydrogens (primary N) is 1. The number of fused-ring (bicyclic) bond motifs is 5. The van der Waals surface area contributed by atoms with E-state index in [1.165, 1.54) is 43.4 Å². The summed E-state index contributed by atoms with van der Waals surface area (Å²) in [7, 11) is 0. The van der Waals surface area contributed by atoms with E-state index < -0.39 is 0 Å². The van der Waals surface area contributed by atoms with E-state index in [1.807, 2.05) is 0 Å². The average Bonchev–Trinajstić information content (AvgIpc) is 2.92. The van der Waals surface area contributed by atoms with Crippen molar-refractivity contribution in [3.63, 3.8) is 0 Å². The van der Waals surface area contributed by atoms with Gasteiger partial charge in [0.2, 0.25) is 0 Å². The molecule has 0 aliphatic heterocycles. The topological polar surface area (TPSA) is 43.1 Å². The zero-order chi connectivity index (χ0) is 18.5. The average molecular weight is 376 g/mol. The van der Waals surface area contributed by atoms with Crippen molar-refractivity contribution in [1.29, 1.82) is 0 Å². The molecule has 7 atom stereocenters. The fourth-order valence-electron chi connectivity index (χ4n) is 7.46. The van der Waals surface area contributed by atoms with Crippen molar-refractivity contribution >= 4 is 17.5 Å². The molecular formula is C23H37NOS. The van der Waals surface area contributed by atoms with E-state index in [9.17, 15) is 4.79 Å². The molecule has 26 heavy (non-hydrogen) atoms. The molecule has 0 amide bonds. The lowest BCUT2D eigenvalue weighted by Gasteiger charge is -2.61. The van der Waals surface area contributed by atoms with Crippen LogP contribution < -0.4 is 5.73 Å². The van der Waals surface area contributed by atoms with Crippen LogP contribution >= 0.6 is 11.8 Å². The second kappa shape index (κ2) is 6.95. The van der Waals surface area contributed by atoms with Crippen molar-refractivity contribution in [3.8, 4) is 0 Å². The second-order valence-corrected chi connectivity index (χ2v) is 11.5. The minimum atomic E-state index is -0.0140. The largest absolute Gasteiger partial charge is 0.330 e. The van der Waals surface area contributed by atoms with Gasteiger partial charge in [-0.15, -0.1) is 0 Å². The zero-order valence-electron chi connectivity index (χ0n) is 16.8. The smallest absolute Gasteiger partial charge is 0.139 e. The SMILES string of the molecule is C=C1CC2C3CCC(=O)[C@@]3(C)CCC2[C@@]2(C)CC[C@@H](SCCCN)C[C@H]12. The first kappa shape index (κ1) is 19.1. The van der Waals surface area contributed by atoms with E-state index in [1.54, 1.807) is 0 Å². The first-order chi connectivity index (χ1) is 12.4. The van der Waals surface area contributed by atoms with Gasteiger partial charge in [0.1, 0.15) is 5.78 Å². The summed E-state index contributed by atoms with van der Waals surface area (Å²) in [5.41, 5.74) is 7.61. The van der Waals surface area contributed by atoms with E-state index in [2.05, 4.69) is 32.2 Å². The number of allylic oxidation sites excluding steroid dienone is 1. The second-order valence-electron chi connectivity index (χ2n) is 10.1. The Bertz CT molecular complexity index is 589. The van der Waals surface area contributed by atoms with E-state index in [4.69, 9.17) is 5.73 Å². The Balaban J connectivity index is 1.52. The summed E-state index contributed by atoms with van der Waals surface area (Å²) >= 11 is 2.16. The summed E-state index contributed by atoms with van der Waals surface area (Å²) in [6, 6.07) is 0. The van der Waals surface area contributed by atoms with Gasteiger partial charge in [-0.2, -0.15) is 11.8 Å². The molecule has 0 aromatic heterocycles. The lowest BCUT2D eigenvalue weighted by Crippen LogP contribution is -2.54. The van der Waals surface area contributed by atoms with Crippen molar-refractivity contribution < 1.29 is 4.79 Å². The van der Waals surface area contributed by atoms with Gasteiger partial charge >= 0.3 is 0 Å². The quantitative estimate of drug-likeness (QED) is 0.541. The summed E-state index contributed by atoms with van der Waals surface area (Å²) in [6.45, 7) is 10.3. The highest BCUT2D eigenvalue weighted by molar-refractivity contribution is 7.99. The van der Waals surface area contributed by atoms with Gasteiger partial charge in [0.05, 0.1) is 0 Å². The van der Waals surface area contributed by atoms with E-state index in [-0.39, 0.29) is 5.41 Å². The van der Waals surface area contributed by atoms with Crippen LogP contribution in [0, 0.1) is 34.5 Å². The Morgan fingerprint density at radius 2 is 2.00 bits per heavy atom. The Labute approximate surface area is 164 Å². The van der Waals surface area contributed by atoms with Crippen LogP contribution in [-0.4, -0.2) is 23.3 Å². The highest BCUT2D eigenvalue weighted by atomic mass is 32.2. The molecule has 2 N–H and O–H groups in total. The molecule has 4 saturated carbocycles. The normalized spacial score (nSPS) is 48.0. The molecule has 3 heteroatoms. The number of carbonyl (C=O) groups is 1. The summed E-state index contributed by atoms with van der Waals surface area (Å²) < 4.78 is 0. The number of ketones is 1. The molecule has 0 saturated heterocycles. The van der Waals surface area contributed by atoms with Crippen LogP contribution in [0.2, 0.25) is 0 Å². The molecule has 0 aromatic carbocycles. The van der Waals surface area contributed by atoms with Crippen LogP contribution in [-0.2, 0) is 4.79 Å². The number of hydrogen-bond donors (Lipinski definition) is 1. The monoisotopic (exact) mass is 375 g/mol. The van der Waals surface area contributed by atoms with Crippen molar-refractivity contribution in [1.82, 2.24) is 0 Å². The Morgan fingerprint density at radius 3 is 2.77 bits per heavy atom. The van der Waals surface area contributed by atoms with Crippen LogP contribution in [0.1, 0.15) is 71.6 Å². The maximum atomic E-state index is 12.6.